The minimum atomic E-state index is -0.224. The van der Waals surface area contributed by atoms with Gasteiger partial charge in [0.1, 0.15) is 23.1 Å². The molecule has 9 heteroatoms. The first-order valence-corrected chi connectivity index (χ1v) is 8.24. The molecule has 1 fully saturated rings. The standard InChI is InChI=1S/C16H22N6O3/c1-11-9-15(21-25-11)20-14-10-13(18-12(2)19-14)16(23)17-3-4-22-5-7-24-8-6-22/h9-10H,3-8H2,1-2H3,(H,17,23)(H,18,19,20,21). The predicted molar refractivity (Wildman–Crippen MR) is 90.9 cm³/mol. The van der Waals surface area contributed by atoms with Gasteiger partial charge in [-0.25, -0.2) is 9.97 Å². The normalized spacial score (nSPS) is 15.1. The van der Waals surface area contributed by atoms with Crippen molar-refractivity contribution in [3.63, 3.8) is 0 Å². The van der Waals surface area contributed by atoms with Crippen molar-refractivity contribution in [1.82, 2.24) is 25.3 Å². The number of nitrogens with zero attached hydrogens (tertiary/aromatic N) is 4. The minimum Gasteiger partial charge on any atom is -0.379 e. The van der Waals surface area contributed by atoms with Gasteiger partial charge in [0.2, 0.25) is 0 Å². The van der Waals surface area contributed by atoms with Gasteiger partial charge < -0.3 is 19.9 Å². The monoisotopic (exact) mass is 346 g/mol. The fraction of sp³-hybridized carbons (Fsp3) is 0.500. The van der Waals surface area contributed by atoms with E-state index < -0.39 is 0 Å². The van der Waals surface area contributed by atoms with Crippen molar-refractivity contribution in [2.45, 2.75) is 13.8 Å². The SMILES string of the molecule is Cc1nc(Nc2cc(C)on2)cc(C(=O)NCCN2CCOCC2)n1. The molecular formula is C16H22N6O3. The lowest BCUT2D eigenvalue weighted by Gasteiger charge is -2.26. The largest absolute Gasteiger partial charge is 0.379 e. The Balaban J connectivity index is 1.57. The summed E-state index contributed by atoms with van der Waals surface area (Å²) in [5.74, 6) is 2.00. The van der Waals surface area contributed by atoms with Crippen LogP contribution < -0.4 is 10.6 Å². The van der Waals surface area contributed by atoms with E-state index in [4.69, 9.17) is 9.26 Å². The molecule has 2 aromatic rings. The van der Waals surface area contributed by atoms with Gasteiger partial charge in [-0.3, -0.25) is 9.69 Å². The molecule has 0 unspecified atom stereocenters. The van der Waals surface area contributed by atoms with E-state index in [-0.39, 0.29) is 5.91 Å². The summed E-state index contributed by atoms with van der Waals surface area (Å²) < 4.78 is 10.3. The van der Waals surface area contributed by atoms with Gasteiger partial charge in [-0.1, -0.05) is 5.16 Å². The molecule has 0 radical (unpaired) electrons. The molecule has 0 spiro atoms. The van der Waals surface area contributed by atoms with Crippen LogP contribution >= 0.6 is 0 Å². The second kappa shape index (κ2) is 8.04. The Labute approximate surface area is 145 Å². The molecule has 25 heavy (non-hydrogen) atoms. The average molecular weight is 346 g/mol. The number of carbonyl (C=O) groups excluding carboxylic acids is 1. The minimum absolute atomic E-state index is 0.224. The summed E-state index contributed by atoms with van der Waals surface area (Å²) in [5.41, 5.74) is 0.317. The Kier molecular flexibility index (Phi) is 5.56. The van der Waals surface area contributed by atoms with Crippen molar-refractivity contribution in [2.75, 3.05) is 44.7 Å². The number of morpholine rings is 1. The second-order valence-corrected chi connectivity index (χ2v) is 5.84. The Morgan fingerprint density at radius 2 is 2.00 bits per heavy atom. The van der Waals surface area contributed by atoms with Gasteiger partial charge in [0.05, 0.1) is 13.2 Å². The van der Waals surface area contributed by atoms with Crippen molar-refractivity contribution in [1.29, 1.82) is 0 Å². The maximum absolute atomic E-state index is 12.3. The molecule has 2 N–H and O–H groups in total. The molecule has 0 bridgehead atoms. The third kappa shape index (κ3) is 4.97. The molecule has 3 rings (SSSR count). The summed E-state index contributed by atoms with van der Waals surface area (Å²) >= 11 is 0. The molecule has 134 valence electrons. The van der Waals surface area contributed by atoms with Gasteiger partial charge in [-0.2, -0.15) is 0 Å². The lowest BCUT2D eigenvalue weighted by Crippen LogP contribution is -2.41. The quantitative estimate of drug-likeness (QED) is 0.794. The van der Waals surface area contributed by atoms with Gasteiger partial charge >= 0.3 is 0 Å². The molecule has 9 nitrogen and oxygen atoms in total. The lowest BCUT2D eigenvalue weighted by atomic mass is 10.3. The van der Waals surface area contributed by atoms with Crippen molar-refractivity contribution < 1.29 is 14.1 Å². The number of nitrogens with one attached hydrogen (secondary N) is 2. The molecule has 0 aliphatic carbocycles. The van der Waals surface area contributed by atoms with Gasteiger partial charge in [0.15, 0.2) is 5.82 Å². The Bertz CT molecular complexity index is 726. The third-order valence-electron chi connectivity index (χ3n) is 3.77. The number of anilines is 2. The highest BCUT2D eigenvalue weighted by atomic mass is 16.5. The Morgan fingerprint density at radius 3 is 2.72 bits per heavy atom. The summed E-state index contributed by atoms with van der Waals surface area (Å²) in [6.07, 6.45) is 0. The van der Waals surface area contributed by atoms with Crippen LogP contribution in [-0.4, -0.2) is 65.3 Å². The van der Waals surface area contributed by atoms with Crippen LogP contribution in [0.25, 0.3) is 0 Å². The van der Waals surface area contributed by atoms with E-state index in [9.17, 15) is 4.79 Å². The fourth-order valence-corrected chi connectivity index (χ4v) is 2.55. The maximum Gasteiger partial charge on any atom is 0.270 e. The van der Waals surface area contributed by atoms with E-state index in [1.54, 1.807) is 26.0 Å². The van der Waals surface area contributed by atoms with E-state index in [1.165, 1.54) is 0 Å². The summed E-state index contributed by atoms with van der Waals surface area (Å²) in [4.78, 5) is 23.1. The Morgan fingerprint density at radius 1 is 1.20 bits per heavy atom. The number of aromatic nitrogens is 3. The number of hydrogen-bond donors (Lipinski definition) is 2. The zero-order valence-corrected chi connectivity index (χ0v) is 14.4. The summed E-state index contributed by atoms with van der Waals surface area (Å²) in [7, 11) is 0. The average Bonchev–Trinajstić information content (AvgIpc) is 3.00. The summed E-state index contributed by atoms with van der Waals surface area (Å²) in [6.45, 7) is 8.18. The summed E-state index contributed by atoms with van der Waals surface area (Å²) in [6, 6.07) is 3.35. The van der Waals surface area contributed by atoms with Gasteiger partial charge in [-0.05, 0) is 13.8 Å². The van der Waals surface area contributed by atoms with Crippen LogP contribution in [0.4, 0.5) is 11.6 Å². The van der Waals surface area contributed by atoms with E-state index in [2.05, 4.69) is 30.7 Å². The highest BCUT2D eigenvalue weighted by Crippen LogP contribution is 2.15. The van der Waals surface area contributed by atoms with Crippen molar-refractivity contribution >= 4 is 17.5 Å². The molecule has 0 saturated carbocycles. The van der Waals surface area contributed by atoms with Gasteiger partial charge in [-0.15, -0.1) is 0 Å². The van der Waals surface area contributed by atoms with Crippen molar-refractivity contribution in [3.05, 3.63) is 29.4 Å². The van der Waals surface area contributed by atoms with Gasteiger partial charge in [0, 0.05) is 38.3 Å². The van der Waals surface area contributed by atoms with Crippen LogP contribution in [0, 0.1) is 13.8 Å². The molecule has 0 aromatic carbocycles. The molecule has 1 aliphatic heterocycles. The highest BCUT2D eigenvalue weighted by molar-refractivity contribution is 5.93. The molecule has 0 atom stereocenters. The first kappa shape index (κ1) is 17.3. The number of carbonyl (C=O) groups is 1. The lowest BCUT2D eigenvalue weighted by molar-refractivity contribution is 0.0383. The number of amides is 1. The molecule has 1 saturated heterocycles. The Hall–Kier alpha value is -2.52. The number of ether oxygens (including phenoxy) is 1. The van der Waals surface area contributed by atoms with Crippen LogP contribution in [0.1, 0.15) is 22.1 Å². The highest BCUT2D eigenvalue weighted by Gasteiger charge is 2.13. The van der Waals surface area contributed by atoms with Crippen LogP contribution in [-0.2, 0) is 4.74 Å². The van der Waals surface area contributed by atoms with E-state index in [1.807, 2.05) is 0 Å². The zero-order valence-electron chi connectivity index (χ0n) is 14.4. The van der Waals surface area contributed by atoms with Crippen molar-refractivity contribution in [3.8, 4) is 0 Å². The topological polar surface area (TPSA) is 105 Å². The van der Waals surface area contributed by atoms with Crippen LogP contribution in [0.3, 0.4) is 0 Å². The summed E-state index contributed by atoms with van der Waals surface area (Å²) in [5, 5.41) is 9.76. The molecule has 2 aromatic heterocycles. The van der Waals surface area contributed by atoms with Crippen LogP contribution in [0.2, 0.25) is 0 Å². The first-order chi connectivity index (χ1) is 12.1. The van der Waals surface area contributed by atoms with Crippen molar-refractivity contribution in [2.24, 2.45) is 0 Å². The van der Waals surface area contributed by atoms with E-state index >= 15 is 0 Å². The maximum atomic E-state index is 12.3. The molecule has 3 heterocycles. The van der Waals surface area contributed by atoms with Gasteiger partial charge in [0.25, 0.3) is 5.91 Å². The smallest absolute Gasteiger partial charge is 0.270 e. The van der Waals surface area contributed by atoms with E-state index in [0.29, 0.717) is 35.5 Å². The molecule has 1 amide bonds. The first-order valence-electron chi connectivity index (χ1n) is 8.24. The molecule has 1 aliphatic rings. The number of rotatable bonds is 6. The number of aryl methyl sites for hydroxylation is 2. The van der Waals surface area contributed by atoms with E-state index in [0.717, 1.165) is 32.8 Å². The molecular weight excluding hydrogens is 324 g/mol. The van der Waals surface area contributed by atoms with Crippen LogP contribution in [0.5, 0.6) is 0 Å². The second-order valence-electron chi connectivity index (χ2n) is 5.84. The van der Waals surface area contributed by atoms with Crippen LogP contribution in [0.15, 0.2) is 16.7 Å². The predicted octanol–water partition coefficient (Wildman–Crippen LogP) is 0.887. The third-order valence-corrected chi connectivity index (χ3v) is 3.77. The zero-order chi connectivity index (χ0) is 17.6. The fourth-order valence-electron chi connectivity index (χ4n) is 2.55. The number of hydrogen-bond acceptors (Lipinski definition) is 8.